The van der Waals surface area contributed by atoms with Crippen molar-refractivity contribution in [1.29, 1.82) is 0 Å². The van der Waals surface area contributed by atoms with Gasteiger partial charge in [0.05, 0.1) is 5.02 Å². The van der Waals surface area contributed by atoms with Crippen LogP contribution in [0.2, 0.25) is 5.02 Å². The van der Waals surface area contributed by atoms with Gasteiger partial charge < -0.3 is 14.8 Å². The van der Waals surface area contributed by atoms with Crippen molar-refractivity contribution in [3.8, 4) is 5.75 Å². The van der Waals surface area contributed by atoms with Crippen LogP contribution < -0.4 is 10.1 Å². The lowest BCUT2D eigenvalue weighted by molar-refractivity contribution is -0.155. The molecule has 0 aliphatic rings. The number of anilines is 1. The van der Waals surface area contributed by atoms with E-state index in [1.807, 2.05) is 0 Å². The van der Waals surface area contributed by atoms with Crippen molar-refractivity contribution in [2.75, 3.05) is 11.9 Å². The lowest BCUT2D eigenvalue weighted by Gasteiger charge is -2.13. The van der Waals surface area contributed by atoms with Crippen molar-refractivity contribution in [3.63, 3.8) is 0 Å². The summed E-state index contributed by atoms with van der Waals surface area (Å²) in [6.45, 7) is 1.02. The minimum atomic E-state index is -1.04. The van der Waals surface area contributed by atoms with Crippen LogP contribution in [0.4, 0.5) is 10.2 Å². The molecule has 2 rings (SSSR count). The second-order valence-electron chi connectivity index (χ2n) is 4.73. The summed E-state index contributed by atoms with van der Waals surface area (Å²) in [7, 11) is 0. The van der Waals surface area contributed by atoms with Gasteiger partial charge in [-0.2, -0.15) is 0 Å². The number of nitrogens with one attached hydrogen (secondary N) is 1. The molecule has 1 amide bonds. The number of halogens is 2. The zero-order valence-electron chi connectivity index (χ0n) is 12.7. The van der Waals surface area contributed by atoms with E-state index in [0.717, 1.165) is 0 Å². The number of nitrogens with zero attached hydrogens (tertiary/aromatic N) is 1. The molecule has 126 valence electrons. The Bertz CT molecular complexity index is 707. The van der Waals surface area contributed by atoms with E-state index in [1.165, 1.54) is 43.5 Å². The molecule has 6 nitrogen and oxygen atoms in total. The summed E-state index contributed by atoms with van der Waals surface area (Å²) in [5.74, 6) is -1.08. The Morgan fingerprint density at radius 2 is 1.96 bits per heavy atom. The average Bonchev–Trinajstić information content (AvgIpc) is 2.56. The maximum Gasteiger partial charge on any atom is 0.344 e. The molecule has 24 heavy (non-hydrogen) atoms. The van der Waals surface area contributed by atoms with E-state index in [2.05, 4.69) is 10.3 Å². The second kappa shape index (κ2) is 8.26. The third-order valence-corrected chi connectivity index (χ3v) is 3.05. The van der Waals surface area contributed by atoms with Crippen LogP contribution in [0.3, 0.4) is 0 Å². The summed E-state index contributed by atoms with van der Waals surface area (Å²) in [6.07, 6.45) is 0.344. The van der Waals surface area contributed by atoms with Crippen LogP contribution in [-0.4, -0.2) is 29.6 Å². The first-order valence-electron chi connectivity index (χ1n) is 6.94. The van der Waals surface area contributed by atoms with Crippen molar-refractivity contribution in [1.82, 2.24) is 4.98 Å². The lowest BCUT2D eigenvalue weighted by atomic mass is 10.3. The monoisotopic (exact) mass is 352 g/mol. The van der Waals surface area contributed by atoms with Gasteiger partial charge in [0.2, 0.25) is 0 Å². The number of esters is 1. The fraction of sp³-hybridized carbons (Fsp3) is 0.188. The zero-order valence-corrected chi connectivity index (χ0v) is 13.4. The number of aromatic nitrogens is 1. The molecule has 0 spiro atoms. The van der Waals surface area contributed by atoms with Gasteiger partial charge in [0, 0.05) is 6.20 Å². The van der Waals surface area contributed by atoms with E-state index in [9.17, 15) is 14.0 Å². The molecular formula is C16H14ClFN2O4. The predicted molar refractivity (Wildman–Crippen MR) is 85.3 cm³/mol. The molecule has 2 aromatic rings. The molecule has 1 aromatic heterocycles. The van der Waals surface area contributed by atoms with Crippen molar-refractivity contribution in [2.24, 2.45) is 0 Å². The third kappa shape index (κ3) is 5.51. The van der Waals surface area contributed by atoms with Crippen molar-refractivity contribution in [3.05, 3.63) is 53.4 Å². The van der Waals surface area contributed by atoms with E-state index >= 15 is 0 Å². The van der Waals surface area contributed by atoms with Gasteiger partial charge in [0.1, 0.15) is 17.4 Å². The Morgan fingerprint density at radius 3 is 2.58 bits per heavy atom. The van der Waals surface area contributed by atoms with Gasteiger partial charge in [-0.05, 0) is 43.3 Å². The van der Waals surface area contributed by atoms with Gasteiger partial charge in [-0.15, -0.1) is 0 Å². The zero-order chi connectivity index (χ0) is 17.5. The number of rotatable bonds is 6. The first-order chi connectivity index (χ1) is 11.4. The molecule has 1 heterocycles. The van der Waals surface area contributed by atoms with Gasteiger partial charge in [0.15, 0.2) is 12.7 Å². The fourth-order valence-corrected chi connectivity index (χ4v) is 1.75. The van der Waals surface area contributed by atoms with Crippen LogP contribution in [0.1, 0.15) is 6.92 Å². The predicted octanol–water partition coefficient (Wildman–Crippen LogP) is 2.82. The molecule has 0 aliphatic carbocycles. The Labute approximate surface area is 142 Å². The molecule has 1 atom stereocenters. The largest absolute Gasteiger partial charge is 0.482 e. The maximum atomic E-state index is 12.7. The van der Waals surface area contributed by atoms with E-state index in [-0.39, 0.29) is 5.82 Å². The van der Waals surface area contributed by atoms with Crippen molar-refractivity contribution < 1.29 is 23.5 Å². The van der Waals surface area contributed by atoms with Gasteiger partial charge in [-0.3, -0.25) is 4.79 Å². The summed E-state index contributed by atoms with van der Waals surface area (Å²) in [4.78, 5) is 27.5. The van der Waals surface area contributed by atoms with Gasteiger partial charge in [0.25, 0.3) is 5.91 Å². The summed E-state index contributed by atoms with van der Waals surface area (Å²) in [5, 5.41) is 2.92. The molecule has 1 aromatic carbocycles. The Hall–Kier alpha value is -2.67. The summed E-state index contributed by atoms with van der Waals surface area (Å²) < 4.78 is 22.8. The molecule has 0 saturated heterocycles. The highest BCUT2D eigenvalue weighted by molar-refractivity contribution is 6.30. The Balaban J connectivity index is 1.78. The van der Waals surface area contributed by atoms with Crippen LogP contribution >= 0.6 is 11.6 Å². The minimum Gasteiger partial charge on any atom is -0.482 e. The summed E-state index contributed by atoms with van der Waals surface area (Å²) in [5.41, 5.74) is 0. The number of carbonyl (C=O) groups excluding carboxylic acids is 2. The average molecular weight is 353 g/mol. The van der Waals surface area contributed by atoms with Crippen LogP contribution in [0.5, 0.6) is 5.75 Å². The molecule has 0 bridgehead atoms. The summed E-state index contributed by atoms with van der Waals surface area (Å²) in [6, 6.07) is 8.26. The number of carbonyl (C=O) groups is 2. The Morgan fingerprint density at radius 1 is 1.25 bits per heavy atom. The third-order valence-electron chi connectivity index (χ3n) is 2.83. The van der Waals surface area contributed by atoms with E-state index in [1.54, 1.807) is 6.07 Å². The normalized spacial score (nSPS) is 11.5. The first-order valence-corrected chi connectivity index (χ1v) is 7.32. The van der Waals surface area contributed by atoms with Crippen LogP contribution in [0.15, 0.2) is 42.6 Å². The lowest BCUT2D eigenvalue weighted by Crippen LogP contribution is -2.31. The highest BCUT2D eigenvalue weighted by Gasteiger charge is 2.18. The van der Waals surface area contributed by atoms with Crippen LogP contribution in [-0.2, 0) is 14.3 Å². The number of amides is 1. The SMILES string of the molecule is C[C@@H](OC(=O)COc1ccc(F)cc1)C(=O)Nc1ccc(Cl)cn1. The molecule has 8 heteroatoms. The molecule has 0 radical (unpaired) electrons. The van der Waals surface area contributed by atoms with Gasteiger partial charge in [-0.1, -0.05) is 11.6 Å². The topological polar surface area (TPSA) is 77.5 Å². The molecule has 1 N–H and O–H groups in total. The van der Waals surface area contributed by atoms with Gasteiger partial charge in [-0.25, -0.2) is 14.2 Å². The maximum absolute atomic E-state index is 12.7. The van der Waals surface area contributed by atoms with E-state index < -0.39 is 30.4 Å². The first kappa shape index (κ1) is 17.7. The molecule has 0 fully saturated rings. The molecule has 0 saturated carbocycles. The van der Waals surface area contributed by atoms with Gasteiger partial charge >= 0.3 is 5.97 Å². The molecule has 0 aliphatic heterocycles. The number of ether oxygens (including phenoxy) is 2. The van der Waals surface area contributed by atoms with Crippen LogP contribution in [0, 0.1) is 5.82 Å². The number of benzene rings is 1. The van der Waals surface area contributed by atoms with E-state index in [0.29, 0.717) is 10.8 Å². The Kier molecular flexibility index (Phi) is 6.08. The smallest absolute Gasteiger partial charge is 0.344 e. The second-order valence-corrected chi connectivity index (χ2v) is 5.16. The quantitative estimate of drug-likeness (QED) is 0.809. The highest BCUT2D eigenvalue weighted by atomic mass is 35.5. The summed E-state index contributed by atoms with van der Waals surface area (Å²) >= 11 is 5.69. The number of hydrogen-bond donors (Lipinski definition) is 1. The highest BCUT2D eigenvalue weighted by Crippen LogP contribution is 2.12. The molecular weight excluding hydrogens is 339 g/mol. The van der Waals surface area contributed by atoms with E-state index in [4.69, 9.17) is 21.1 Å². The number of hydrogen-bond acceptors (Lipinski definition) is 5. The van der Waals surface area contributed by atoms with Crippen molar-refractivity contribution >= 4 is 29.3 Å². The molecule has 0 unspecified atom stereocenters. The number of pyridine rings is 1. The van der Waals surface area contributed by atoms with Crippen molar-refractivity contribution in [2.45, 2.75) is 13.0 Å². The van der Waals surface area contributed by atoms with Crippen LogP contribution in [0.25, 0.3) is 0 Å². The fourth-order valence-electron chi connectivity index (χ4n) is 1.64. The standard InChI is InChI=1S/C16H14ClFN2O4/c1-10(16(22)20-14-7-2-11(17)8-19-14)24-15(21)9-23-13-5-3-12(18)4-6-13/h2-8,10H,9H2,1H3,(H,19,20,22)/t10-/m1/s1. The minimum absolute atomic E-state index is 0.287.